The molecule has 1 aromatic heterocycles. The maximum atomic E-state index is 12.5. The highest BCUT2D eigenvalue weighted by atomic mass is 16.6. The molecular formula is C20H25N5O4. The summed E-state index contributed by atoms with van der Waals surface area (Å²) in [5.41, 5.74) is 1.76. The van der Waals surface area contributed by atoms with Crippen molar-refractivity contribution >= 4 is 17.7 Å². The Morgan fingerprint density at radius 1 is 1.17 bits per heavy atom. The SMILES string of the molecule is CN(C)C(=O)[C@H](Cc1ccccc1)NC(=O)C1OC1C(=O)NCCc1c[nH]cn1. The van der Waals surface area contributed by atoms with Crippen molar-refractivity contribution in [3.05, 3.63) is 54.1 Å². The molecule has 0 radical (unpaired) electrons. The molecule has 0 saturated carbocycles. The van der Waals surface area contributed by atoms with Crippen molar-refractivity contribution in [2.75, 3.05) is 20.6 Å². The van der Waals surface area contributed by atoms with Gasteiger partial charge in [0.15, 0.2) is 12.2 Å². The van der Waals surface area contributed by atoms with Crippen LogP contribution in [-0.4, -0.2) is 71.5 Å². The number of nitrogens with zero attached hydrogens (tertiary/aromatic N) is 2. The van der Waals surface area contributed by atoms with E-state index in [2.05, 4.69) is 20.6 Å². The van der Waals surface area contributed by atoms with E-state index in [9.17, 15) is 14.4 Å². The molecule has 1 saturated heterocycles. The van der Waals surface area contributed by atoms with Gasteiger partial charge in [-0.3, -0.25) is 14.4 Å². The fourth-order valence-corrected chi connectivity index (χ4v) is 2.97. The Kier molecular flexibility index (Phi) is 6.61. The third-order valence-corrected chi connectivity index (χ3v) is 4.58. The van der Waals surface area contributed by atoms with E-state index in [1.54, 1.807) is 26.6 Å². The lowest BCUT2D eigenvalue weighted by atomic mass is 10.0. The van der Waals surface area contributed by atoms with E-state index < -0.39 is 24.2 Å². The third-order valence-electron chi connectivity index (χ3n) is 4.58. The first-order valence-electron chi connectivity index (χ1n) is 9.42. The van der Waals surface area contributed by atoms with E-state index in [4.69, 9.17) is 4.74 Å². The lowest BCUT2D eigenvalue weighted by Crippen LogP contribution is -2.49. The summed E-state index contributed by atoms with van der Waals surface area (Å²) in [5, 5.41) is 5.45. The second-order valence-corrected chi connectivity index (χ2v) is 7.06. The molecule has 9 nitrogen and oxygen atoms in total. The zero-order chi connectivity index (χ0) is 20.8. The number of hydrogen-bond donors (Lipinski definition) is 3. The van der Waals surface area contributed by atoms with Crippen LogP contribution < -0.4 is 10.6 Å². The second-order valence-electron chi connectivity index (χ2n) is 7.06. The largest absolute Gasteiger partial charge is 0.353 e. The molecule has 0 bridgehead atoms. The van der Waals surface area contributed by atoms with Crippen LogP contribution in [0, 0.1) is 0 Å². The number of likely N-dealkylation sites (N-methyl/N-ethyl adjacent to an activating group) is 1. The number of epoxide rings is 1. The van der Waals surface area contributed by atoms with E-state index in [0.29, 0.717) is 19.4 Å². The van der Waals surface area contributed by atoms with Gasteiger partial charge in [-0.25, -0.2) is 4.98 Å². The number of carbonyl (C=O) groups is 3. The summed E-state index contributed by atoms with van der Waals surface area (Å²) in [5.74, 6) is -1.03. The average Bonchev–Trinajstić information content (AvgIpc) is 3.36. The molecule has 3 amide bonds. The van der Waals surface area contributed by atoms with Crippen molar-refractivity contribution in [3.8, 4) is 0 Å². The molecule has 2 unspecified atom stereocenters. The van der Waals surface area contributed by atoms with Crippen molar-refractivity contribution in [2.24, 2.45) is 0 Å². The van der Waals surface area contributed by atoms with Crippen LogP contribution in [0.1, 0.15) is 11.3 Å². The fourth-order valence-electron chi connectivity index (χ4n) is 2.97. The fraction of sp³-hybridized carbons (Fsp3) is 0.400. The van der Waals surface area contributed by atoms with Crippen LogP contribution in [0.2, 0.25) is 0 Å². The Labute approximate surface area is 168 Å². The van der Waals surface area contributed by atoms with E-state index in [1.807, 2.05) is 30.3 Å². The van der Waals surface area contributed by atoms with Gasteiger partial charge in [0.25, 0.3) is 11.8 Å². The van der Waals surface area contributed by atoms with E-state index in [-0.39, 0.29) is 11.8 Å². The Hall–Kier alpha value is -3.20. The molecule has 2 heterocycles. The number of ether oxygens (including phenoxy) is 1. The first-order chi connectivity index (χ1) is 14.0. The molecule has 2 aromatic rings. The lowest BCUT2D eigenvalue weighted by Gasteiger charge is -2.21. The Morgan fingerprint density at radius 3 is 2.55 bits per heavy atom. The van der Waals surface area contributed by atoms with Crippen molar-refractivity contribution in [2.45, 2.75) is 31.1 Å². The predicted molar refractivity (Wildman–Crippen MR) is 105 cm³/mol. The predicted octanol–water partition coefficient (Wildman–Crippen LogP) is -0.348. The molecule has 3 atom stereocenters. The first-order valence-corrected chi connectivity index (χ1v) is 9.42. The molecule has 1 aliphatic heterocycles. The van der Waals surface area contributed by atoms with Crippen molar-refractivity contribution in [1.29, 1.82) is 0 Å². The molecule has 29 heavy (non-hydrogen) atoms. The molecule has 0 aliphatic carbocycles. The van der Waals surface area contributed by atoms with Gasteiger partial charge in [-0.1, -0.05) is 30.3 Å². The van der Waals surface area contributed by atoms with Gasteiger partial charge in [0, 0.05) is 39.7 Å². The van der Waals surface area contributed by atoms with E-state index in [0.717, 1.165) is 11.3 Å². The Balaban J connectivity index is 1.50. The highest BCUT2D eigenvalue weighted by Crippen LogP contribution is 2.22. The molecule has 1 aliphatic rings. The minimum absolute atomic E-state index is 0.220. The minimum atomic E-state index is -0.881. The van der Waals surface area contributed by atoms with Gasteiger partial charge in [-0.2, -0.15) is 0 Å². The molecule has 9 heteroatoms. The van der Waals surface area contributed by atoms with Gasteiger partial charge < -0.3 is 25.3 Å². The van der Waals surface area contributed by atoms with Gasteiger partial charge in [-0.15, -0.1) is 0 Å². The number of carbonyl (C=O) groups excluding carboxylic acids is 3. The van der Waals surface area contributed by atoms with Crippen LogP contribution in [0.5, 0.6) is 0 Å². The van der Waals surface area contributed by atoms with Crippen LogP contribution in [0.4, 0.5) is 0 Å². The zero-order valence-electron chi connectivity index (χ0n) is 16.4. The van der Waals surface area contributed by atoms with Crippen LogP contribution in [0.3, 0.4) is 0 Å². The Morgan fingerprint density at radius 2 is 1.90 bits per heavy atom. The highest BCUT2D eigenvalue weighted by molar-refractivity contribution is 5.97. The van der Waals surface area contributed by atoms with Crippen LogP contribution in [0.25, 0.3) is 0 Å². The maximum absolute atomic E-state index is 12.5. The summed E-state index contributed by atoms with van der Waals surface area (Å²) in [4.78, 5) is 45.5. The summed E-state index contributed by atoms with van der Waals surface area (Å²) in [6.07, 6.45) is 2.55. The smallest absolute Gasteiger partial charge is 0.253 e. The van der Waals surface area contributed by atoms with E-state index >= 15 is 0 Å². The summed E-state index contributed by atoms with van der Waals surface area (Å²) >= 11 is 0. The maximum Gasteiger partial charge on any atom is 0.253 e. The van der Waals surface area contributed by atoms with Crippen LogP contribution in [-0.2, 0) is 32.0 Å². The summed E-state index contributed by atoms with van der Waals surface area (Å²) in [7, 11) is 3.27. The summed E-state index contributed by atoms with van der Waals surface area (Å²) in [6.45, 7) is 0.396. The number of amides is 3. The van der Waals surface area contributed by atoms with Crippen molar-refractivity contribution in [1.82, 2.24) is 25.5 Å². The molecular weight excluding hydrogens is 374 g/mol. The summed E-state index contributed by atoms with van der Waals surface area (Å²) in [6, 6.07) is 8.70. The first kappa shape index (κ1) is 20.5. The number of aromatic nitrogens is 2. The van der Waals surface area contributed by atoms with Crippen LogP contribution >= 0.6 is 0 Å². The number of nitrogens with one attached hydrogen (secondary N) is 3. The number of benzene rings is 1. The van der Waals surface area contributed by atoms with Gasteiger partial charge in [-0.05, 0) is 5.56 Å². The molecule has 1 fully saturated rings. The quantitative estimate of drug-likeness (QED) is 0.498. The second kappa shape index (κ2) is 9.33. The monoisotopic (exact) mass is 399 g/mol. The molecule has 154 valence electrons. The molecule has 3 rings (SSSR count). The highest BCUT2D eigenvalue weighted by Gasteiger charge is 2.50. The van der Waals surface area contributed by atoms with Gasteiger partial charge >= 0.3 is 0 Å². The standard InChI is InChI=1S/C20H25N5O4/c1-25(2)20(28)15(10-13-6-4-3-5-7-13)24-19(27)17-16(29-17)18(26)22-9-8-14-11-21-12-23-14/h3-7,11-12,15-17H,8-10H2,1-2H3,(H,21,23)(H,22,26)(H,24,27)/t15-,16?,17?/m0/s1. The van der Waals surface area contributed by atoms with Gasteiger partial charge in [0.1, 0.15) is 6.04 Å². The number of rotatable bonds is 9. The summed E-state index contributed by atoms with van der Waals surface area (Å²) < 4.78 is 5.25. The normalized spacial score (nSPS) is 18.6. The zero-order valence-corrected chi connectivity index (χ0v) is 16.4. The third kappa shape index (κ3) is 5.64. The number of imidazole rings is 1. The number of hydrogen-bond acceptors (Lipinski definition) is 5. The molecule has 1 aromatic carbocycles. The van der Waals surface area contributed by atoms with E-state index in [1.165, 1.54) is 4.90 Å². The van der Waals surface area contributed by atoms with Gasteiger partial charge in [0.2, 0.25) is 5.91 Å². The van der Waals surface area contributed by atoms with Crippen molar-refractivity contribution < 1.29 is 19.1 Å². The minimum Gasteiger partial charge on any atom is -0.353 e. The number of H-pyrrole nitrogens is 1. The molecule has 0 spiro atoms. The Bertz CT molecular complexity index is 838. The topological polar surface area (TPSA) is 120 Å². The van der Waals surface area contributed by atoms with Crippen molar-refractivity contribution in [3.63, 3.8) is 0 Å². The number of aromatic amines is 1. The lowest BCUT2D eigenvalue weighted by molar-refractivity contribution is -0.134. The van der Waals surface area contributed by atoms with Crippen LogP contribution in [0.15, 0.2) is 42.9 Å². The van der Waals surface area contributed by atoms with Gasteiger partial charge in [0.05, 0.1) is 12.0 Å². The molecule has 3 N–H and O–H groups in total. The average molecular weight is 399 g/mol.